The first-order valence-electron chi connectivity index (χ1n) is 10.3. The van der Waals surface area contributed by atoms with Gasteiger partial charge in [0.25, 0.3) is 0 Å². The summed E-state index contributed by atoms with van der Waals surface area (Å²) in [6.07, 6.45) is 4.02. The maximum absolute atomic E-state index is 13.1. The van der Waals surface area contributed by atoms with E-state index in [0.29, 0.717) is 37.7 Å². The second kappa shape index (κ2) is 8.41. The average Bonchev–Trinajstić information content (AvgIpc) is 3.48. The Kier molecular flexibility index (Phi) is 6.06. The number of rotatable bonds is 6. The number of methoxy groups -OCH3 is 1. The summed E-state index contributed by atoms with van der Waals surface area (Å²) in [6, 6.07) is 4.44. The molecule has 1 amide bonds. The quantitative estimate of drug-likeness (QED) is 0.675. The molecule has 0 N–H and O–H groups in total. The zero-order chi connectivity index (χ0) is 20.6. The Morgan fingerprint density at radius 3 is 2.59 bits per heavy atom. The minimum Gasteiger partial charge on any atom is -0.495 e. The number of nitrogens with zero attached hydrogens (tertiary/aromatic N) is 3. The molecule has 0 radical (unpaired) electrons. The lowest BCUT2D eigenvalue weighted by molar-refractivity contribution is -0.132. The second-order valence-electron chi connectivity index (χ2n) is 8.12. The summed E-state index contributed by atoms with van der Waals surface area (Å²) in [7, 11) is -2.15. The van der Waals surface area contributed by atoms with E-state index < -0.39 is 10.0 Å². The first-order chi connectivity index (χ1) is 13.9. The third kappa shape index (κ3) is 4.40. The predicted molar refractivity (Wildman–Crippen MR) is 111 cm³/mol. The van der Waals surface area contributed by atoms with E-state index in [-0.39, 0.29) is 21.9 Å². The molecule has 1 aliphatic carbocycles. The van der Waals surface area contributed by atoms with Gasteiger partial charge in [0.05, 0.1) is 23.1 Å². The Bertz CT molecular complexity index is 874. The van der Waals surface area contributed by atoms with Crippen LogP contribution in [0.2, 0.25) is 5.02 Å². The number of carbonyl (C=O) groups is 1. The van der Waals surface area contributed by atoms with Gasteiger partial charge in [-0.2, -0.15) is 4.31 Å². The molecule has 160 valence electrons. The normalized spacial score (nSPS) is 24.7. The lowest BCUT2D eigenvalue weighted by Crippen LogP contribution is -2.44. The van der Waals surface area contributed by atoms with E-state index in [4.69, 9.17) is 16.3 Å². The van der Waals surface area contributed by atoms with Gasteiger partial charge in [0, 0.05) is 39.3 Å². The smallest absolute Gasteiger partial charge is 0.243 e. The minimum atomic E-state index is -3.64. The SMILES string of the molecule is COc1ccc(S(=O)(=O)N2CCCN(C3CCN(CC4CC4)C3=O)CC2)cc1Cl. The fraction of sp³-hybridized carbons (Fsp3) is 0.650. The van der Waals surface area contributed by atoms with Crippen LogP contribution in [0.15, 0.2) is 23.1 Å². The average molecular weight is 442 g/mol. The third-order valence-electron chi connectivity index (χ3n) is 6.14. The van der Waals surface area contributed by atoms with Crippen molar-refractivity contribution in [3.63, 3.8) is 0 Å². The molecule has 1 aromatic carbocycles. The molecule has 0 bridgehead atoms. The van der Waals surface area contributed by atoms with Crippen LogP contribution >= 0.6 is 11.6 Å². The van der Waals surface area contributed by atoms with Crippen molar-refractivity contribution in [1.82, 2.24) is 14.1 Å². The van der Waals surface area contributed by atoms with Crippen LogP contribution < -0.4 is 4.74 Å². The number of halogens is 1. The van der Waals surface area contributed by atoms with Gasteiger partial charge in [-0.15, -0.1) is 0 Å². The number of carbonyl (C=O) groups excluding carboxylic acids is 1. The summed E-state index contributed by atoms with van der Waals surface area (Å²) in [5.74, 6) is 1.36. The molecule has 29 heavy (non-hydrogen) atoms. The van der Waals surface area contributed by atoms with Crippen molar-refractivity contribution in [3.05, 3.63) is 23.2 Å². The molecule has 2 heterocycles. The van der Waals surface area contributed by atoms with Crippen LogP contribution in [0.1, 0.15) is 25.7 Å². The highest BCUT2D eigenvalue weighted by Gasteiger charge is 2.39. The summed E-state index contributed by atoms with van der Waals surface area (Å²) in [6.45, 7) is 3.83. The van der Waals surface area contributed by atoms with E-state index in [1.165, 1.54) is 36.4 Å². The molecule has 0 aromatic heterocycles. The van der Waals surface area contributed by atoms with Crippen molar-refractivity contribution in [2.75, 3.05) is 46.4 Å². The zero-order valence-corrected chi connectivity index (χ0v) is 18.3. The molecule has 1 atom stereocenters. The van der Waals surface area contributed by atoms with Crippen LogP contribution in [-0.4, -0.2) is 80.9 Å². The van der Waals surface area contributed by atoms with Crippen LogP contribution in [0, 0.1) is 5.92 Å². The Hall–Kier alpha value is -1.35. The molecule has 1 unspecified atom stereocenters. The standard InChI is InChI=1S/C20H28ClN3O4S/c1-28-19-6-5-16(13-17(19)21)29(26,27)24-9-2-8-22(11-12-24)18-7-10-23(20(18)25)14-15-3-4-15/h5-6,13,15,18H,2-4,7-12,14H2,1H3. The molecule has 0 spiro atoms. The molecule has 1 aromatic rings. The maximum Gasteiger partial charge on any atom is 0.243 e. The van der Waals surface area contributed by atoms with Crippen molar-refractivity contribution in [2.24, 2.45) is 5.92 Å². The topological polar surface area (TPSA) is 70.2 Å². The first-order valence-corrected chi connectivity index (χ1v) is 12.1. The van der Waals surface area contributed by atoms with E-state index >= 15 is 0 Å². The van der Waals surface area contributed by atoms with E-state index in [1.54, 1.807) is 6.07 Å². The van der Waals surface area contributed by atoms with Gasteiger partial charge in [-0.1, -0.05) is 11.6 Å². The van der Waals surface area contributed by atoms with Gasteiger partial charge in [-0.05, 0) is 49.8 Å². The minimum absolute atomic E-state index is 0.105. The van der Waals surface area contributed by atoms with Gasteiger partial charge in [0.15, 0.2) is 0 Å². The molecular formula is C20H28ClN3O4S. The molecule has 3 fully saturated rings. The highest BCUT2D eigenvalue weighted by molar-refractivity contribution is 7.89. The van der Waals surface area contributed by atoms with Gasteiger partial charge < -0.3 is 9.64 Å². The highest BCUT2D eigenvalue weighted by Crippen LogP contribution is 2.32. The number of benzene rings is 1. The summed E-state index contributed by atoms with van der Waals surface area (Å²) < 4.78 is 32.8. The summed E-state index contributed by atoms with van der Waals surface area (Å²) in [4.78, 5) is 17.1. The Morgan fingerprint density at radius 2 is 1.90 bits per heavy atom. The summed E-state index contributed by atoms with van der Waals surface area (Å²) >= 11 is 6.13. The summed E-state index contributed by atoms with van der Waals surface area (Å²) in [5, 5.41) is 0.275. The van der Waals surface area contributed by atoms with Gasteiger partial charge in [-0.3, -0.25) is 9.69 Å². The monoisotopic (exact) mass is 441 g/mol. The van der Waals surface area contributed by atoms with Gasteiger partial charge in [0.1, 0.15) is 5.75 Å². The fourth-order valence-electron chi connectivity index (χ4n) is 4.28. The zero-order valence-electron chi connectivity index (χ0n) is 16.7. The largest absolute Gasteiger partial charge is 0.495 e. The highest BCUT2D eigenvalue weighted by atomic mass is 35.5. The Labute approximate surface area is 177 Å². The second-order valence-corrected chi connectivity index (χ2v) is 10.5. The molecule has 1 saturated carbocycles. The molecular weight excluding hydrogens is 414 g/mol. The molecule has 2 saturated heterocycles. The van der Waals surface area contributed by atoms with Crippen molar-refractivity contribution in [1.29, 1.82) is 0 Å². The molecule has 7 nitrogen and oxygen atoms in total. The predicted octanol–water partition coefficient (Wildman–Crippen LogP) is 2.06. The Morgan fingerprint density at radius 1 is 1.10 bits per heavy atom. The summed E-state index contributed by atoms with van der Waals surface area (Å²) in [5.41, 5.74) is 0. The van der Waals surface area contributed by atoms with E-state index in [2.05, 4.69) is 4.90 Å². The van der Waals surface area contributed by atoms with E-state index in [1.807, 2.05) is 4.90 Å². The van der Waals surface area contributed by atoms with Crippen molar-refractivity contribution in [3.8, 4) is 5.75 Å². The van der Waals surface area contributed by atoms with Crippen molar-refractivity contribution < 1.29 is 17.9 Å². The third-order valence-corrected chi connectivity index (χ3v) is 8.33. The molecule has 2 aliphatic heterocycles. The number of likely N-dealkylation sites (tertiary alicyclic amines) is 1. The molecule has 3 aliphatic rings. The number of hydrogen-bond acceptors (Lipinski definition) is 5. The van der Waals surface area contributed by atoms with Crippen LogP contribution in [0.5, 0.6) is 5.75 Å². The number of sulfonamides is 1. The van der Waals surface area contributed by atoms with Crippen molar-refractivity contribution >= 4 is 27.5 Å². The van der Waals surface area contributed by atoms with E-state index in [9.17, 15) is 13.2 Å². The lowest BCUT2D eigenvalue weighted by Gasteiger charge is -2.26. The van der Waals surface area contributed by atoms with Crippen molar-refractivity contribution in [2.45, 2.75) is 36.6 Å². The molecule has 9 heteroatoms. The van der Waals surface area contributed by atoms with Crippen LogP contribution in [0.25, 0.3) is 0 Å². The fourth-order valence-corrected chi connectivity index (χ4v) is 6.10. The number of amides is 1. The lowest BCUT2D eigenvalue weighted by atomic mass is 10.2. The number of hydrogen-bond donors (Lipinski definition) is 0. The van der Waals surface area contributed by atoms with Gasteiger partial charge >= 0.3 is 0 Å². The van der Waals surface area contributed by atoms with E-state index in [0.717, 1.165) is 26.1 Å². The first kappa shape index (κ1) is 20.9. The maximum atomic E-state index is 13.1. The van der Waals surface area contributed by atoms with Crippen LogP contribution in [0.4, 0.5) is 0 Å². The van der Waals surface area contributed by atoms with Gasteiger partial charge in [-0.25, -0.2) is 8.42 Å². The van der Waals surface area contributed by atoms with Gasteiger partial charge in [0.2, 0.25) is 15.9 Å². The Balaban J connectivity index is 1.42. The van der Waals surface area contributed by atoms with Crippen LogP contribution in [0.3, 0.4) is 0 Å². The number of ether oxygens (including phenoxy) is 1. The molecule has 4 rings (SSSR count). The van der Waals surface area contributed by atoms with Crippen LogP contribution in [-0.2, 0) is 14.8 Å².